The number of nitro benzene ring substituents is 1. The van der Waals surface area contributed by atoms with Crippen LogP contribution in [0.25, 0.3) is 0 Å². The first-order valence-corrected chi connectivity index (χ1v) is 12.0. The van der Waals surface area contributed by atoms with E-state index in [-0.39, 0.29) is 41.2 Å². The summed E-state index contributed by atoms with van der Waals surface area (Å²) >= 11 is 0. The highest BCUT2D eigenvalue weighted by Crippen LogP contribution is 2.31. The summed E-state index contributed by atoms with van der Waals surface area (Å²) in [6.07, 6.45) is 1.59. The molecule has 37 heavy (non-hydrogen) atoms. The summed E-state index contributed by atoms with van der Waals surface area (Å²) in [5, 5.41) is 13.9. The summed E-state index contributed by atoms with van der Waals surface area (Å²) in [6.45, 7) is 2.84. The molecule has 0 radical (unpaired) electrons. The molecule has 2 amide bonds. The molecule has 1 N–H and O–H groups in total. The van der Waals surface area contributed by atoms with E-state index in [4.69, 9.17) is 4.74 Å². The Bertz CT molecular complexity index is 1300. The van der Waals surface area contributed by atoms with Crippen LogP contribution in [0.15, 0.2) is 60.7 Å². The molecule has 1 saturated heterocycles. The lowest BCUT2D eigenvalue weighted by Gasteiger charge is -2.32. The van der Waals surface area contributed by atoms with E-state index in [0.29, 0.717) is 29.9 Å². The molecule has 1 fully saturated rings. The van der Waals surface area contributed by atoms with Crippen molar-refractivity contribution in [1.82, 2.24) is 4.90 Å². The molecule has 0 saturated carbocycles. The van der Waals surface area contributed by atoms with Gasteiger partial charge in [-0.15, -0.1) is 0 Å². The predicted molar refractivity (Wildman–Crippen MR) is 137 cm³/mol. The van der Waals surface area contributed by atoms with Crippen LogP contribution in [0.4, 0.5) is 15.8 Å². The van der Waals surface area contributed by atoms with Crippen molar-refractivity contribution < 1.29 is 23.6 Å². The Labute approximate surface area is 214 Å². The van der Waals surface area contributed by atoms with Crippen molar-refractivity contribution in [1.29, 1.82) is 0 Å². The van der Waals surface area contributed by atoms with Gasteiger partial charge in [-0.25, -0.2) is 4.39 Å². The number of methoxy groups -OCH3 is 1. The summed E-state index contributed by atoms with van der Waals surface area (Å²) in [4.78, 5) is 37.6. The zero-order valence-electron chi connectivity index (χ0n) is 20.7. The van der Waals surface area contributed by atoms with Crippen LogP contribution in [-0.2, 0) is 11.2 Å². The zero-order valence-corrected chi connectivity index (χ0v) is 20.7. The maximum Gasteiger partial charge on any atom is 0.310 e. The number of anilines is 1. The number of carbonyl (C=O) groups excluding carboxylic acids is 2. The number of nitro groups is 1. The maximum absolute atomic E-state index is 14.2. The van der Waals surface area contributed by atoms with Crippen LogP contribution >= 0.6 is 0 Å². The van der Waals surface area contributed by atoms with E-state index < -0.39 is 10.7 Å². The Balaban J connectivity index is 1.32. The predicted octanol–water partition coefficient (Wildman–Crippen LogP) is 5.25. The van der Waals surface area contributed by atoms with Crippen molar-refractivity contribution in [2.24, 2.45) is 0 Å². The molecule has 0 aromatic heterocycles. The standard InChI is InChI=1S/C28H28FN3O5/c1-18-4-3-5-23(29)27(18)28(34)31-14-12-21(13-15-31)20-7-9-22(10-8-20)30-26(33)17-19-6-11-24(32(35)36)25(16-19)37-2/h3-11,16,21H,12-15,17H2,1-2H3,(H,30,33). The van der Waals surface area contributed by atoms with Gasteiger partial charge in [0.15, 0.2) is 5.75 Å². The molecule has 9 heteroatoms. The Morgan fingerprint density at radius 3 is 2.43 bits per heavy atom. The quantitative estimate of drug-likeness (QED) is 0.349. The van der Waals surface area contributed by atoms with Crippen LogP contribution in [0.2, 0.25) is 0 Å². The third-order valence-electron chi connectivity index (χ3n) is 6.69. The molecule has 1 aliphatic rings. The molecule has 8 nitrogen and oxygen atoms in total. The number of ether oxygens (including phenoxy) is 1. The monoisotopic (exact) mass is 505 g/mol. The molecule has 0 atom stereocenters. The van der Waals surface area contributed by atoms with Crippen LogP contribution in [0.3, 0.4) is 0 Å². The lowest BCUT2D eigenvalue weighted by Crippen LogP contribution is -2.38. The van der Waals surface area contributed by atoms with Gasteiger partial charge < -0.3 is 15.0 Å². The maximum atomic E-state index is 14.2. The summed E-state index contributed by atoms with van der Waals surface area (Å²) in [5.74, 6) is -0.631. The van der Waals surface area contributed by atoms with Gasteiger partial charge in [-0.2, -0.15) is 0 Å². The number of piperidine rings is 1. The number of aryl methyl sites for hydroxylation is 1. The molecular weight excluding hydrogens is 477 g/mol. The zero-order chi connectivity index (χ0) is 26.5. The first-order chi connectivity index (χ1) is 17.8. The smallest absolute Gasteiger partial charge is 0.310 e. The van der Waals surface area contributed by atoms with Crippen LogP contribution in [0.1, 0.15) is 45.8 Å². The summed E-state index contributed by atoms with van der Waals surface area (Å²) in [6, 6.07) is 16.6. The highest BCUT2D eigenvalue weighted by atomic mass is 19.1. The minimum Gasteiger partial charge on any atom is -0.490 e. The van der Waals surface area contributed by atoms with Crippen LogP contribution in [-0.4, -0.2) is 41.8 Å². The number of likely N-dealkylation sites (tertiary alicyclic amines) is 1. The van der Waals surface area contributed by atoms with Gasteiger partial charge >= 0.3 is 5.69 Å². The molecule has 0 unspecified atom stereocenters. The van der Waals surface area contributed by atoms with Crippen molar-refractivity contribution in [2.45, 2.75) is 32.1 Å². The molecule has 1 heterocycles. The average Bonchev–Trinajstić information content (AvgIpc) is 2.88. The summed E-state index contributed by atoms with van der Waals surface area (Å²) < 4.78 is 19.3. The molecule has 0 bridgehead atoms. The van der Waals surface area contributed by atoms with Gasteiger partial charge in [0.25, 0.3) is 5.91 Å². The fraction of sp³-hybridized carbons (Fsp3) is 0.286. The lowest BCUT2D eigenvalue weighted by atomic mass is 9.89. The first kappa shape index (κ1) is 25.8. The van der Waals surface area contributed by atoms with Gasteiger partial charge in [0.1, 0.15) is 5.82 Å². The number of carbonyl (C=O) groups is 2. The van der Waals surface area contributed by atoms with E-state index >= 15 is 0 Å². The van der Waals surface area contributed by atoms with Crippen LogP contribution < -0.4 is 10.1 Å². The number of halogens is 1. The second kappa shape index (κ2) is 11.2. The highest BCUT2D eigenvalue weighted by Gasteiger charge is 2.27. The Morgan fingerprint density at radius 1 is 1.11 bits per heavy atom. The Kier molecular flexibility index (Phi) is 7.81. The van der Waals surface area contributed by atoms with Gasteiger partial charge in [-0.1, -0.05) is 30.3 Å². The molecule has 4 rings (SSSR count). The number of amides is 2. The molecular formula is C28H28FN3O5. The van der Waals surface area contributed by atoms with Crippen LogP contribution in [0, 0.1) is 22.9 Å². The van der Waals surface area contributed by atoms with Gasteiger partial charge in [-0.05, 0) is 66.6 Å². The molecule has 192 valence electrons. The van der Waals surface area contributed by atoms with Gasteiger partial charge in [0, 0.05) is 24.8 Å². The highest BCUT2D eigenvalue weighted by molar-refractivity contribution is 5.96. The van der Waals surface area contributed by atoms with Crippen molar-refractivity contribution in [3.63, 3.8) is 0 Å². The third kappa shape index (κ3) is 5.94. The second-order valence-electron chi connectivity index (χ2n) is 9.11. The number of hydrogen-bond donors (Lipinski definition) is 1. The van der Waals surface area contributed by atoms with E-state index in [0.717, 1.165) is 18.4 Å². The molecule has 0 spiro atoms. The molecule has 3 aromatic rings. The van der Waals surface area contributed by atoms with Crippen LogP contribution in [0.5, 0.6) is 5.75 Å². The number of nitrogens with one attached hydrogen (secondary N) is 1. The fourth-order valence-electron chi connectivity index (χ4n) is 4.69. The Hall–Kier alpha value is -4.27. The molecule has 3 aromatic carbocycles. The Morgan fingerprint density at radius 2 is 1.81 bits per heavy atom. The second-order valence-corrected chi connectivity index (χ2v) is 9.11. The van der Waals surface area contributed by atoms with E-state index in [1.807, 2.05) is 24.3 Å². The van der Waals surface area contributed by atoms with Gasteiger partial charge in [0.2, 0.25) is 5.91 Å². The van der Waals surface area contributed by atoms with E-state index in [2.05, 4.69) is 5.32 Å². The van der Waals surface area contributed by atoms with Crippen molar-refractivity contribution in [2.75, 3.05) is 25.5 Å². The largest absolute Gasteiger partial charge is 0.490 e. The van der Waals surface area contributed by atoms with Gasteiger partial charge in [-0.3, -0.25) is 19.7 Å². The molecule has 0 aliphatic carbocycles. The van der Waals surface area contributed by atoms with Crippen molar-refractivity contribution in [3.8, 4) is 5.75 Å². The van der Waals surface area contributed by atoms with Gasteiger partial charge in [0.05, 0.1) is 24.0 Å². The summed E-state index contributed by atoms with van der Waals surface area (Å²) in [7, 11) is 1.35. The SMILES string of the molecule is COc1cc(CC(=O)Nc2ccc(C3CCN(C(=O)c4c(C)cccc4F)CC3)cc2)ccc1[N+](=O)[O-]. The van der Waals surface area contributed by atoms with E-state index in [1.54, 1.807) is 24.0 Å². The number of nitrogens with zero attached hydrogens (tertiary/aromatic N) is 2. The lowest BCUT2D eigenvalue weighted by molar-refractivity contribution is -0.385. The topological polar surface area (TPSA) is 102 Å². The molecule has 1 aliphatic heterocycles. The third-order valence-corrected chi connectivity index (χ3v) is 6.69. The fourth-order valence-corrected chi connectivity index (χ4v) is 4.69. The normalized spacial score (nSPS) is 13.8. The minimum absolute atomic E-state index is 0.0457. The number of rotatable bonds is 7. The number of hydrogen-bond acceptors (Lipinski definition) is 5. The first-order valence-electron chi connectivity index (χ1n) is 12.0. The van der Waals surface area contributed by atoms with E-state index in [9.17, 15) is 24.1 Å². The van der Waals surface area contributed by atoms with Crippen molar-refractivity contribution in [3.05, 3.63) is 98.8 Å². The minimum atomic E-state index is -0.532. The average molecular weight is 506 g/mol. The number of benzene rings is 3. The summed E-state index contributed by atoms with van der Waals surface area (Å²) in [5.41, 5.74) is 2.99. The van der Waals surface area contributed by atoms with E-state index in [1.165, 1.54) is 31.4 Å². The van der Waals surface area contributed by atoms with Crippen molar-refractivity contribution >= 4 is 23.2 Å².